The van der Waals surface area contributed by atoms with Crippen LogP contribution in [0.25, 0.3) is 0 Å². The molecule has 3 aromatic carbocycles. The number of rotatable bonds is 5. The summed E-state index contributed by atoms with van der Waals surface area (Å²) >= 11 is 6.12. The molecule has 0 spiro atoms. The second-order valence-electron chi connectivity index (χ2n) is 6.17. The van der Waals surface area contributed by atoms with Crippen molar-refractivity contribution in [3.8, 4) is 17.2 Å². The van der Waals surface area contributed by atoms with E-state index in [0.29, 0.717) is 5.56 Å². The Labute approximate surface area is 176 Å². The first-order chi connectivity index (χ1) is 14.3. The summed E-state index contributed by atoms with van der Waals surface area (Å²) in [7, 11) is 0. The number of hydrogen-bond donors (Lipinski definition) is 2. The van der Waals surface area contributed by atoms with E-state index >= 15 is 0 Å². The summed E-state index contributed by atoms with van der Waals surface area (Å²) in [6.45, 7) is 1.62. The number of aromatic carboxylic acids is 1. The van der Waals surface area contributed by atoms with E-state index in [1.54, 1.807) is 19.1 Å². The molecule has 3 rings (SSSR count). The van der Waals surface area contributed by atoms with Crippen LogP contribution in [0.2, 0.25) is 5.02 Å². The van der Waals surface area contributed by atoms with E-state index in [9.17, 15) is 24.6 Å². The number of phenols is 1. The van der Waals surface area contributed by atoms with Crippen molar-refractivity contribution in [1.82, 2.24) is 0 Å². The average Bonchev–Trinajstić information content (AvgIpc) is 2.71. The summed E-state index contributed by atoms with van der Waals surface area (Å²) in [5.41, 5.74) is -0.0433. The van der Waals surface area contributed by atoms with Gasteiger partial charge in [-0.1, -0.05) is 41.9 Å². The predicted octanol–water partition coefficient (Wildman–Crippen LogP) is 4.49. The van der Waals surface area contributed by atoms with Gasteiger partial charge in [-0.2, -0.15) is 0 Å². The predicted molar refractivity (Wildman–Crippen MR) is 108 cm³/mol. The van der Waals surface area contributed by atoms with Crippen LogP contribution in [0.15, 0.2) is 60.7 Å². The molecule has 0 bridgehead atoms. The minimum atomic E-state index is -1.27. The van der Waals surface area contributed by atoms with Crippen LogP contribution in [0.5, 0.6) is 17.2 Å². The molecule has 0 amide bonds. The molecule has 8 heteroatoms. The van der Waals surface area contributed by atoms with Crippen LogP contribution in [-0.2, 0) is 0 Å². The zero-order chi connectivity index (χ0) is 21.8. The Hall–Kier alpha value is -3.84. The summed E-state index contributed by atoms with van der Waals surface area (Å²) in [5.74, 6) is -3.88. The molecule has 7 nitrogen and oxygen atoms in total. The van der Waals surface area contributed by atoms with Crippen molar-refractivity contribution in [2.24, 2.45) is 0 Å². The highest BCUT2D eigenvalue weighted by atomic mass is 35.5. The Balaban J connectivity index is 1.94. The number of aromatic hydroxyl groups is 1. The third kappa shape index (κ3) is 4.26. The standard InChI is InChI=1S/C22H15ClO7/c1-12-6-4-8-14(18(12)24)21(27)30-19-15(9-5-10-16(19)23)22(28)29-17-11-3-2-7-13(17)20(25)26/h2-11,24H,1H3,(H,25,26). The maximum absolute atomic E-state index is 12.7. The van der Waals surface area contributed by atoms with E-state index in [4.69, 9.17) is 21.1 Å². The van der Waals surface area contributed by atoms with Gasteiger partial charge >= 0.3 is 17.9 Å². The van der Waals surface area contributed by atoms with Gasteiger partial charge in [0, 0.05) is 0 Å². The van der Waals surface area contributed by atoms with Gasteiger partial charge in [0.05, 0.1) is 5.02 Å². The van der Waals surface area contributed by atoms with E-state index in [0.717, 1.165) is 0 Å². The van der Waals surface area contributed by atoms with Gasteiger partial charge in [0.1, 0.15) is 28.2 Å². The molecule has 0 aliphatic heterocycles. The second-order valence-corrected chi connectivity index (χ2v) is 6.58. The number of phenolic OH excluding ortho intramolecular Hbond substituents is 1. The SMILES string of the molecule is Cc1cccc(C(=O)Oc2c(Cl)cccc2C(=O)Oc2ccccc2C(=O)O)c1O. The Morgan fingerprint density at radius 3 is 2.13 bits per heavy atom. The Morgan fingerprint density at radius 2 is 1.40 bits per heavy atom. The van der Waals surface area contributed by atoms with Crippen LogP contribution in [0.1, 0.15) is 36.6 Å². The summed E-state index contributed by atoms with van der Waals surface area (Å²) in [6, 6.07) is 14.3. The minimum absolute atomic E-state index is 0.0449. The van der Waals surface area contributed by atoms with Gasteiger partial charge in [-0.15, -0.1) is 0 Å². The van der Waals surface area contributed by atoms with Crippen LogP contribution in [-0.4, -0.2) is 28.1 Å². The maximum Gasteiger partial charge on any atom is 0.347 e. The third-order valence-corrected chi connectivity index (χ3v) is 4.46. The lowest BCUT2D eigenvalue weighted by atomic mass is 10.1. The molecule has 30 heavy (non-hydrogen) atoms. The van der Waals surface area contributed by atoms with Crippen molar-refractivity contribution >= 4 is 29.5 Å². The first kappa shape index (κ1) is 20.9. The largest absolute Gasteiger partial charge is 0.507 e. The number of hydrogen-bond acceptors (Lipinski definition) is 6. The van der Waals surface area contributed by atoms with E-state index in [1.165, 1.54) is 48.5 Å². The lowest BCUT2D eigenvalue weighted by molar-refractivity contribution is 0.0681. The van der Waals surface area contributed by atoms with Gasteiger partial charge in [-0.05, 0) is 42.8 Å². The number of benzene rings is 3. The molecule has 0 aliphatic carbocycles. The highest BCUT2D eigenvalue weighted by Crippen LogP contribution is 2.32. The third-order valence-electron chi connectivity index (χ3n) is 4.16. The quantitative estimate of drug-likeness (QED) is 0.456. The highest BCUT2D eigenvalue weighted by Gasteiger charge is 2.24. The van der Waals surface area contributed by atoms with Crippen LogP contribution < -0.4 is 9.47 Å². The summed E-state index contributed by atoms with van der Waals surface area (Å²) in [6.07, 6.45) is 0. The first-order valence-electron chi connectivity index (χ1n) is 8.63. The molecule has 0 atom stereocenters. The molecule has 152 valence electrons. The Morgan fingerprint density at radius 1 is 0.800 bits per heavy atom. The van der Waals surface area contributed by atoms with Crippen molar-refractivity contribution in [1.29, 1.82) is 0 Å². The normalized spacial score (nSPS) is 10.3. The number of aryl methyl sites for hydroxylation is 1. The van der Waals surface area contributed by atoms with Gasteiger partial charge in [0.25, 0.3) is 0 Å². The zero-order valence-corrected chi connectivity index (χ0v) is 16.3. The molecule has 0 saturated carbocycles. The van der Waals surface area contributed by atoms with Gasteiger partial charge in [-0.25, -0.2) is 14.4 Å². The van der Waals surface area contributed by atoms with Gasteiger partial charge < -0.3 is 19.7 Å². The fourth-order valence-corrected chi connectivity index (χ4v) is 2.84. The summed E-state index contributed by atoms with van der Waals surface area (Å²) in [4.78, 5) is 36.5. The highest BCUT2D eigenvalue weighted by molar-refractivity contribution is 6.32. The maximum atomic E-state index is 12.7. The Bertz CT molecular complexity index is 1150. The van der Waals surface area contributed by atoms with Crippen LogP contribution in [0, 0.1) is 6.92 Å². The molecule has 0 aromatic heterocycles. The molecule has 0 unspecified atom stereocenters. The monoisotopic (exact) mass is 426 g/mol. The number of carbonyl (C=O) groups excluding carboxylic acids is 2. The van der Waals surface area contributed by atoms with Crippen LogP contribution in [0.4, 0.5) is 0 Å². The fourth-order valence-electron chi connectivity index (χ4n) is 2.63. The van der Waals surface area contributed by atoms with Crippen molar-refractivity contribution < 1.29 is 34.1 Å². The lowest BCUT2D eigenvalue weighted by Gasteiger charge is -2.13. The van der Waals surface area contributed by atoms with Gasteiger partial charge in [0.15, 0.2) is 5.75 Å². The Kier molecular flexibility index (Phi) is 6.03. The number of carbonyl (C=O) groups is 3. The van der Waals surface area contributed by atoms with E-state index < -0.39 is 17.9 Å². The zero-order valence-electron chi connectivity index (χ0n) is 15.6. The smallest absolute Gasteiger partial charge is 0.347 e. The van der Waals surface area contributed by atoms with Crippen LogP contribution >= 0.6 is 11.6 Å². The summed E-state index contributed by atoms with van der Waals surface area (Å²) in [5, 5.41) is 19.3. The first-order valence-corrected chi connectivity index (χ1v) is 9.01. The van der Waals surface area contributed by atoms with E-state index in [2.05, 4.69) is 0 Å². The number of carboxylic acid groups (broad SMARTS) is 1. The lowest BCUT2D eigenvalue weighted by Crippen LogP contribution is -2.16. The molecular weight excluding hydrogens is 412 g/mol. The molecule has 3 aromatic rings. The molecule has 2 N–H and O–H groups in total. The fraction of sp³-hybridized carbons (Fsp3) is 0.0455. The summed E-state index contributed by atoms with van der Waals surface area (Å²) < 4.78 is 10.5. The molecule has 0 heterocycles. The van der Waals surface area contributed by atoms with Gasteiger partial charge in [0.2, 0.25) is 0 Å². The van der Waals surface area contributed by atoms with Gasteiger partial charge in [-0.3, -0.25) is 0 Å². The van der Waals surface area contributed by atoms with Crippen molar-refractivity contribution in [2.75, 3.05) is 0 Å². The van der Waals surface area contributed by atoms with Crippen LogP contribution in [0.3, 0.4) is 0 Å². The molecular formula is C22H15ClO7. The molecule has 0 fully saturated rings. The average molecular weight is 427 g/mol. The van der Waals surface area contributed by atoms with Crippen molar-refractivity contribution in [2.45, 2.75) is 6.92 Å². The molecule has 0 aliphatic rings. The number of para-hydroxylation sites is 3. The number of halogens is 1. The second kappa shape index (κ2) is 8.67. The number of carboxylic acids is 1. The van der Waals surface area contributed by atoms with Crippen molar-refractivity contribution in [3.05, 3.63) is 87.9 Å². The number of esters is 2. The molecule has 0 saturated heterocycles. The molecule has 0 radical (unpaired) electrons. The van der Waals surface area contributed by atoms with E-state index in [1.807, 2.05) is 0 Å². The van der Waals surface area contributed by atoms with E-state index in [-0.39, 0.29) is 39.0 Å². The van der Waals surface area contributed by atoms with Crippen molar-refractivity contribution in [3.63, 3.8) is 0 Å². The number of ether oxygens (including phenoxy) is 2. The minimum Gasteiger partial charge on any atom is -0.507 e. The topological polar surface area (TPSA) is 110 Å².